The summed E-state index contributed by atoms with van der Waals surface area (Å²) >= 11 is 1.55. The first-order valence-electron chi connectivity index (χ1n) is 9.48. The van der Waals surface area contributed by atoms with E-state index in [0.29, 0.717) is 0 Å². The van der Waals surface area contributed by atoms with E-state index in [0.717, 1.165) is 23.3 Å². The van der Waals surface area contributed by atoms with E-state index in [-0.39, 0.29) is 36.4 Å². The van der Waals surface area contributed by atoms with Crippen molar-refractivity contribution in [2.24, 2.45) is 23.2 Å². The molecule has 25 heavy (non-hydrogen) atoms. The average Bonchev–Trinajstić information content (AvgIpc) is 3.04. The van der Waals surface area contributed by atoms with Crippen molar-refractivity contribution in [1.29, 1.82) is 0 Å². The summed E-state index contributed by atoms with van der Waals surface area (Å²) < 4.78 is 5.15. The number of carbonyl (C=O) groups is 2. The molecule has 5 heteroatoms. The van der Waals surface area contributed by atoms with Crippen LogP contribution < -0.4 is 5.32 Å². The third-order valence-corrected chi connectivity index (χ3v) is 7.41. The Bertz CT molecular complexity index is 604. The predicted octanol–water partition coefficient (Wildman–Crippen LogP) is 3.55. The lowest BCUT2D eigenvalue weighted by Crippen LogP contribution is -2.56. The van der Waals surface area contributed by atoms with Gasteiger partial charge in [-0.25, -0.2) is 0 Å². The standard InChI is InChI=1S/C20H27NO3S/c1-13(20-8-15-4-16(9-20)6-17(5-15)10-20)21-18(22)11-24-19(23)7-14-2-3-25-12-14/h2-3,12-13,15-17H,4-11H2,1H3,(H,21,22)/t13-,15?,16?,17?,20?/m0/s1. The second-order valence-corrected chi connectivity index (χ2v) is 9.32. The fraction of sp³-hybridized carbons (Fsp3) is 0.700. The number of amides is 1. The Labute approximate surface area is 153 Å². The minimum atomic E-state index is -0.337. The van der Waals surface area contributed by atoms with Crippen molar-refractivity contribution in [3.05, 3.63) is 22.4 Å². The van der Waals surface area contributed by atoms with Gasteiger partial charge in [0.05, 0.1) is 6.42 Å². The van der Waals surface area contributed by atoms with Crippen LogP contribution in [0.15, 0.2) is 16.8 Å². The van der Waals surface area contributed by atoms with E-state index in [1.165, 1.54) is 38.5 Å². The van der Waals surface area contributed by atoms with Crippen LogP contribution in [0.5, 0.6) is 0 Å². The largest absolute Gasteiger partial charge is 0.455 e. The molecule has 4 bridgehead atoms. The fourth-order valence-corrected chi connectivity index (χ4v) is 6.57. The molecule has 1 amide bonds. The van der Waals surface area contributed by atoms with E-state index in [2.05, 4.69) is 12.2 Å². The molecule has 0 radical (unpaired) electrons. The summed E-state index contributed by atoms with van der Waals surface area (Å²) in [7, 11) is 0. The summed E-state index contributed by atoms with van der Waals surface area (Å²) in [5, 5.41) is 7.00. The van der Waals surface area contributed by atoms with Gasteiger partial charge in [0.15, 0.2) is 6.61 Å². The minimum absolute atomic E-state index is 0.165. The van der Waals surface area contributed by atoms with Gasteiger partial charge in [0.1, 0.15) is 0 Å². The first kappa shape index (κ1) is 17.1. The summed E-state index contributed by atoms with van der Waals surface area (Å²) in [6.45, 7) is 1.98. The monoisotopic (exact) mass is 361 g/mol. The summed E-state index contributed by atoms with van der Waals surface area (Å²) in [4.78, 5) is 24.1. The number of rotatable bonds is 6. The Morgan fingerprint density at radius 1 is 1.24 bits per heavy atom. The van der Waals surface area contributed by atoms with Crippen molar-refractivity contribution in [2.45, 2.75) is 57.9 Å². The highest BCUT2D eigenvalue weighted by molar-refractivity contribution is 7.07. The molecule has 0 aromatic carbocycles. The molecular formula is C20H27NO3S. The Morgan fingerprint density at radius 2 is 1.88 bits per heavy atom. The molecule has 1 heterocycles. The maximum absolute atomic E-state index is 12.3. The summed E-state index contributed by atoms with van der Waals surface area (Å²) in [5.74, 6) is 2.11. The molecule has 5 rings (SSSR count). The van der Waals surface area contributed by atoms with Crippen LogP contribution in [0.25, 0.3) is 0 Å². The van der Waals surface area contributed by atoms with Crippen molar-refractivity contribution in [1.82, 2.24) is 5.32 Å². The number of hydrogen-bond acceptors (Lipinski definition) is 4. The van der Waals surface area contributed by atoms with Crippen LogP contribution in [0, 0.1) is 23.2 Å². The molecule has 1 N–H and O–H groups in total. The van der Waals surface area contributed by atoms with Crippen molar-refractivity contribution >= 4 is 23.2 Å². The first-order valence-corrected chi connectivity index (χ1v) is 10.4. The minimum Gasteiger partial charge on any atom is -0.455 e. The van der Waals surface area contributed by atoms with Crippen LogP contribution >= 0.6 is 11.3 Å². The molecule has 4 fully saturated rings. The van der Waals surface area contributed by atoms with E-state index in [4.69, 9.17) is 4.74 Å². The van der Waals surface area contributed by atoms with Gasteiger partial charge in [-0.15, -0.1) is 0 Å². The van der Waals surface area contributed by atoms with Crippen molar-refractivity contribution in [3.63, 3.8) is 0 Å². The molecule has 0 unspecified atom stereocenters. The van der Waals surface area contributed by atoms with Crippen LogP contribution in [0.1, 0.15) is 51.0 Å². The molecule has 0 saturated heterocycles. The van der Waals surface area contributed by atoms with E-state index in [9.17, 15) is 9.59 Å². The Balaban J connectivity index is 1.27. The molecule has 1 aromatic heterocycles. The third-order valence-electron chi connectivity index (χ3n) is 6.67. The summed E-state index contributed by atoms with van der Waals surface area (Å²) in [6, 6.07) is 2.07. The maximum atomic E-state index is 12.3. The van der Waals surface area contributed by atoms with Crippen molar-refractivity contribution < 1.29 is 14.3 Å². The highest BCUT2D eigenvalue weighted by Gasteiger charge is 2.53. The lowest BCUT2D eigenvalue weighted by Gasteiger charge is -2.59. The van der Waals surface area contributed by atoms with Crippen LogP contribution in [0.2, 0.25) is 0 Å². The van der Waals surface area contributed by atoms with Gasteiger partial charge in [0, 0.05) is 6.04 Å². The zero-order valence-electron chi connectivity index (χ0n) is 14.8. The van der Waals surface area contributed by atoms with Crippen molar-refractivity contribution in [2.75, 3.05) is 6.61 Å². The van der Waals surface area contributed by atoms with Crippen molar-refractivity contribution in [3.8, 4) is 0 Å². The van der Waals surface area contributed by atoms with Gasteiger partial charge in [0.2, 0.25) is 0 Å². The highest BCUT2D eigenvalue weighted by Crippen LogP contribution is 2.61. The topological polar surface area (TPSA) is 55.4 Å². The number of esters is 1. The number of thiophene rings is 1. The van der Waals surface area contributed by atoms with Gasteiger partial charge >= 0.3 is 5.97 Å². The molecule has 1 aromatic rings. The molecule has 4 nitrogen and oxygen atoms in total. The van der Waals surface area contributed by atoms with Gasteiger partial charge in [-0.3, -0.25) is 9.59 Å². The zero-order chi connectivity index (χ0) is 17.4. The van der Waals surface area contributed by atoms with Gasteiger partial charge < -0.3 is 10.1 Å². The summed E-state index contributed by atoms with van der Waals surface area (Å²) in [5.41, 5.74) is 1.22. The molecule has 4 saturated carbocycles. The number of hydrogen-bond donors (Lipinski definition) is 1. The maximum Gasteiger partial charge on any atom is 0.310 e. The van der Waals surface area contributed by atoms with Crippen LogP contribution in [0.4, 0.5) is 0 Å². The van der Waals surface area contributed by atoms with Gasteiger partial charge in [-0.2, -0.15) is 11.3 Å². The third kappa shape index (κ3) is 3.62. The number of nitrogens with one attached hydrogen (secondary N) is 1. The van der Waals surface area contributed by atoms with E-state index in [1.54, 1.807) is 11.3 Å². The molecule has 1 atom stereocenters. The molecule has 4 aliphatic carbocycles. The summed E-state index contributed by atoms with van der Waals surface area (Å²) in [6.07, 6.45) is 8.23. The SMILES string of the molecule is C[C@H](NC(=O)COC(=O)Cc1ccsc1)C12CC3CC(CC(C3)C1)C2. The highest BCUT2D eigenvalue weighted by atomic mass is 32.1. The molecule has 0 aliphatic heterocycles. The smallest absolute Gasteiger partial charge is 0.310 e. The molecular weight excluding hydrogens is 334 g/mol. The van der Waals surface area contributed by atoms with Crippen LogP contribution in [-0.4, -0.2) is 24.5 Å². The van der Waals surface area contributed by atoms with Gasteiger partial charge in [-0.1, -0.05) is 0 Å². The zero-order valence-corrected chi connectivity index (χ0v) is 15.6. The fourth-order valence-electron chi connectivity index (χ4n) is 5.90. The van der Waals surface area contributed by atoms with Gasteiger partial charge in [0.25, 0.3) is 5.91 Å². The van der Waals surface area contributed by atoms with E-state index < -0.39 is 0 Å². The van der Waals surface area contributed by atoms with Crippen LogP contribution in [-0.2, 0) is 20.7 Å². The lowest BCUT2D eigenvalue weighted by molar-refractivity contribution is -0.148. The Hall–Kier alpha value is -1.36. The lowest BCUT2D eigenvalue weighted by atomic mass is 9.48. The molecule has 0 spiro atoms. The first-order chi connectivity index (χ1) is 12.0. The molecule has 136 valence electrons. The van der Waals surface area contributed by atoms with E-state index >= 15 is 0 Å². The normalized spacial score (nSPS) is 33.9. The predicted molar refractivity (Wildman–Crippen MR) is 97.2 cm³/mol. The quantitative estimate of drug-likeness (QED) is 0.788. The van der Waals surface area contributed by atoms with E-state index in [1.807, 2.05) is 16.8 Å². The second-order valence-electron chi connectivity index (χ2n) is 8.54. The number of ether oxygens (including phenoxy) is 1. The van der Waals surface area contributed by atoms with Gasteiger partial charge in [-0.05, 0) is 91.0 Å². The van der Waals surface area contributed by atoms with Crippen LogP contribution in [0.3, 0.4) is 0 Å². The number of carbonyl (C=O) groups excluding carboxylic acids is 2. The average molecular weight is 362 g/mol. The Morgan fingerprint density at radius 3 is 2.44 bits per heavy atom. The second kappa shape index (κ2) is 6.75. The molecule has 4 aliphatic rings. The Kier molecular flexibility index (Phi) is 4.61.